The van der Waals surface area contributed by atoms with Crippen molar-refractivity contribution in [3.63, 3.8) is 0 Å². The van der Waals surface area contributed by atoms with Gasteiger partial charge in [0.05, 0.1) is 10.9 Å². The number of likely N-dealkylation sites (N-methyl/N-ethyl adjacent to an activating group) is 1. The van der Waals surface area contributed by atoms with E-state index in [2.05, 4.69) is 15.6 Å². The minimum absolute atomic E-state index is 0.0388. The van der Waals surface area contributed by atoms with Crippen molar-refractivity contribution in [3.05, 3.63) is 45.1 Å². The molecule has 1 aromatic carbocycles. The zero-order valence-electron chi connectivity index (χ0n) is 16.0. The average molecular weight is 386 g/mol. The van der Waals surface area contributed by atoms with E-state index >= 15 is 0 Å². The van der Waals surface area contributed by atoms with Gasteiger partial charge in [0.15, 0.2) is 0 Å². The molecule has 28 heavy (non-hydrogen) atoms. The number of rotatable bonds is 6. The molecule has 0 saturated heterocycles. The summed E-state index contributed by atoms with van der Waals surface area (Å²) in [4.78, 5) is 51.7. The summed E-state index contributed by atoms with van der Waals surface area (Å²) in [5.41, 5.74) is -1.38. The second-order valence-corrected chi connectivity index (χ2v) is 7.23. The van der Waals surface area contributed by atoms with Crippen molar-refractivity contribution in [1.29, 1.82) is 0 Å². The number of benzene rings is 1. The van der Waals surface area contributed by atoms with Gasteiger partial charge in [-0.3, -0.25) is 23.9 Å². The van der Waals surface area contributed by atoms with Crippen LogP contribution in [0.15, 0.2) is 33.9 Å². The minimum atomic E-state index is -0.872. The van der Waals surface area contributed by atoms with E-state index in [-0.39, 0.29) is 24.8 Å². The van der Waals surface area contributed by atoms with Crippen molar-refractivity contribution in [2.75, 3.05) is 6.54 Å². The van der Waals surface area contributed by atoms with E-state index in [9.17, 15) is 19.2 Å². The van der Waals surface area contributed by atoms with Gasteiger partial charge in [0.2, 0.25) is 11.8 Å². The van der Waals surface area contributed by atoms with Crippen LogP contribution in [0.1, 0.15) is 45.4 Å². The second-order valence-electron chi connectivity index (χ2n) is 7.23. The fourth-order valence-electron chi connectivity index (χ4n) is 3.90. The first-order valence-electron chi connectivity index (χ1n) is 9.78. The van der Waals surface area contributed by atoms with Gasteiger partial charge in [-0.05, 0) is 31.9 Å². The lowest BCUT2D eigenvalue weighted by molar-refractivity contribution is -0.135. The van der Waals surface area contributed by atoms with Crippen LogP contribution in [0.3, 0.4) is 0 Å². The molecule has 0 aliphatic heterocycles. The quantitative estimate of drug-likeness (QED) is 0.688. The summed E-state index contributed by atoms with van der Waals surface area (Å²) in [7, 11) is 0. The first kappa shape index (κ1) is 19.9. The molecule has 150 valence electrons. The maximum Gasteiger partial charge on any atom is 0.328 e. The van der Waals surface area contributed by atoms with Crippen molar-refractivity contribution >= 4 is 22.7 Å². The highest BCUT2D eigenvalue weighted by Gasteiger charge is 2.40. The van der Waals surface area contributed by atoms with Gasteiger partial charge in [-0.1, -0.05) is 31.4 Å². The SMILES string of the molecule is CCNC(=O)C1(NC(=O)CCn2c(=O)[nH]c(=O)c3ccccc32)CCCCC1. The molecule has 3 N–H and O–H groups in total. The highest BCUT2D eigenvalue weighted by atomic mass is 16.2. The van der Waals surface area contributed by atoms with Crippen LogP contribution in [0.5, 0.6) is 0 Å². The number of aromatic amines is 1. The number of aromatic nitrogens is 2. The Balaban J connectivity index is 1.77. The third kappa shape index (κ3) is 4.00. The number of hydrogen-bond acceptors (Lipinski definition) is 4. The standard InChI is InChI=1S/C20H26N4O4/c1-2-21-18(27)20(11-6-3-7-12-20)23-16(25)10-13-24-15-9-5-4-8-14(15)17(26)22-19(24)28/h4-5,8-9H,2-3,6-7,10-13H2,1H3,(H,21,27)(H,23,25)(H,22,26,28). The van der Waals surface area contributed by atoms with E-state index in [1.807, 2.05) is 6.92 Å². The van der Waals surface area contributed by atoms with Crippen molar-refractivity contribution in [2.24, 2.45) is 0 Å². The molecule has 1 fully saturated rings. The zero-order valence-corrected chi connectivity index (χ0v) is 16.0. The van der Waals surface area contributed by atoms with Crippen LogP contribution in [0.25, 0.3) is 10.9 Å². The number of nitrogens with zero attached hydrogens (tertiary/aromatic N) is 1. The van der Waals surface area contributed by atoms with Crippen molar-refractivity contribution < 1.29 is 9.59 Å². The lowest BCUT2D eigenvalue weighted by atomic mass is 9.80. The van der Waals surface area contributed by atoms with Crippen LogP contribution in [0.4, 0.5) is 0 Å². The van der Waals surface area contributed by atoms with Gasteiger partial charge < -0.3 is 10.6 Å². The molecule has 0 unspecified atom stereocenters. The molecule has 8 heteroatoms. The average Bonchev–Trinajstić information content (AvgIpc) is 2.68. The Morgan fingerprint density at radius 2 is 1.86 bits per heavy atom. The van der Waals surface area contributed by atoms with Gasteiger partial charge in [-0.25, -0.2) is 4.79 Å². The van der Waals surface area contributed by atoms with Crippen LogP contribution in [0, 0.1) is 0 Å². The predicted octanol–water partition coefficient (Wildman–Crippen LogP) is 1.04. The molecule has 8 nitrogen and oxygen atoms in total. The molecule has 1 aliphatic rings. The van der Waals surface area contributed by atoms with Crippen LogP contribution in [-0.2, 0) is 16.1 Å². The van der Waals surface area contributed by atoms with E-state index < -0.39 is 16.8 Å². The Labute approximate surface area is 162 Å². The number of carbonyl (C=O) groups is 2. The summed E-state index contributed by atoms with van der Waals surface area (Å²) in [5, 5.41) is 6.15. The second kappa shape index (κ2) is 8.41. The highest BCUT2D eigenvalue weighted by molar-refractivity contribution is 5.91. The maximum absolute atomic E-state index is 12.6. The van der Waals surface area contributed by atoms with Crippen LogP contribution in [0.2, 0.25) is 0 Å². The van der Waals surface area contributed by atoms with Gasteiger partial charge in [0, 0.05) is 19.5 Å². The van der Waals surface area contributed by atoms with Gasteiger partial charge in [0.25, 0.3) is 5.56 Å². The van der Waals surface area contributed by atoms with Gasteiger partial charge >= 0.3 is 5.69 Å². The van der Waals surface area contributed by atoms with E-state index in [0.717, 1.165) is 19.3 Å². The molecular formula is C20H26N4O4. The number of para-hydroxylation sites is 1. The molecule has 1 aliphatic carbocycles. The number of hydrogen-bond donors (Lipinski definition) is 3. The Morgan fingerprint density at radius 1 is 1.14 bits per heavy atom. The number of nitrogens with one attached hydrogen (secondary N) is 3. The molecule has 0 atom stereocenters. The van der Waals surface area contributed by atoms with Crippen molar-refractivity contribution in [2.45, 2.75) is 57.5 Å². The molecule has 0 radical (unpaired) electrons. The fraction of sp³-hybridized carbons (Fsp3) is 0.500. The van der Waals surface area contributed by atoms with Crippen LogP contribution >= 0.6 is 0 Å². The molecule has 1 heterocycles. The lowest BCUT2D eigenvalue weighted by Gasteiger charge is -2.36. The molecular weight excluding hydrogens is 360 g/mol. The molecule has 3 rings (SSSR count). The Kier molecular flexibility index (Phi) is 5.96. The van der Waals surface area contributed by atoms with Crippen molar-refractivity contribution in [3.8, 4) is 0 Å². The van der Waals surface area contributed by atoms with E-state index in [1.165, 1.54) is 4.57 Å². The number of fused-ring (bicyclic) bond motifs is 1. The van der Waals surface area contributed by atoms with Crippen LogP contribution in [-0.4, -0.2) is 33.4 Å². The number of aryl methyl sites for hydroxylation is 1. The normalized spacial score (nSPS) is 15.9. The third-order valence-corrected chi connectivity index (χ3v) is 5.33. The smallest absolute Gasteiger partial charge is 0.328 e. The first-order chi connectivity index (χ1) is 13.5. The van der Waals surface area contributed by atoms with E-state index in [4.69, 9.17) is 0 Å². The van der Waals surface area contributed by atoms with Crippen molar-refractivity contribution in [1.82, 2.24) is 20.2 Å². The molecule has 2 amide bonds. The fourth-order valence-corrected chi connectivity index (χ4v) is 3.90. The first-order valence-corrected chi connectivity index (χ1v) is 9.78. The molecule has 1 aromatic heterocycles. The predicted molar refractivity (Wildman–Crippen MR) is 106 cm³/mol. The minimum Gasteiger partial charge on any atom is -0.354 e. The summed E-state index contributed by atoms with van der Waals surface area (Å²) < 4.78 is 1.38. The summed E-state index contributed by atoms with van der Waals surface area (Å²) >= 11 is 0. The number of H-pyrrole nitrogens is 1. The Hall–Kier alpha value is -2.90. The largest absolute Gasteiger partial charge is 0.354 e. The highest BCUT2D eigenvalue weighted by Crippen LogP contribution is 2.28. The Morgan fingerprint density at radius 3 is 2.57 bits per heavy atom. The maximum atomic E-state index is 12.6. The van der Waals surface area contributed by atoms with E-state index in [0.29, 0.717) is 30.3 Å². The topological polar surface area (TPSA) is 113 Å². The summed E-state index contributed by atoms with van der Waals surface area (Å²) in [6.45, 7) is 2.48. The van der Waals surface area contributed by atoms with Gasteiger partial charge in [0.1, 0.15) is 5.54 Å². The molecule has 0 spiro atoms. The summed E-state index contributed by atoms with van der Waals surface area (Å²) in [6.07, 6.45) is 4.11. The number of amides is 2. The monoisotopic (exact) mass is 386 g/mol. The van der Waals surface area contributed by atoms with Gasteiger partial charge in [-0.2, -0.15) is 0 Å². The molecule has 1 saturated carbocycles. The van der Waals surface area contributed by atoms with Gasteiger partial charge in [-0.15, -0.1) is 0 Å². The van der Waals surface area contributed by atoms with Crippen LogP contribution < -0.4 is 21.9 Å². The Bertz CT molecular complexity index is 986. The summed E-state index contributed by atoms with van der Waals surface area (Å²) in [6, 6.07) is 6.78. The van der Waals surface area contributed by atoms with E-state index in [1.54, 1.807) is 24.3 Å². The summed E-state index contributed by atoms with van der Waals surface area (Å²) in [5.74, 6) is -0.426. The lowest BCUT2D eigenvalue weighted by Crippen LogP contribution is -2.59. The molecule has 0 bridgehead atoms. The third-order valence-electron chi connectivity index (χ3n) is 5.33. The zero-order chi connectivity index (χ0) is 20.1. The molecule has 2 aromatic rings. The number of carbonyl (C=O) groups excluding carboxylic acids is 2.